The van der Waals surface area contributed by atoms with Gasteiger partial charge in [0.05, 0.1) is 0 Å². The van der Waals surface area contributed by atoms with Gasteiger partial charge in [-0.2, -0.15) is 0 Å². The molecule has 0 aliphatic heterocycles. The fraction of sp³-hybridized carbons (Fsp3) is 0.267. The lowest BCUT2D eigenvalue weighted by Gasteiger charge is -2.09. The van der Waals surface area contributed by atoms with Gasteiger partial charge in [0, 0.05) is 28.2 Å². The lowest BCUT2D eigenvalue weighted by atomic mass is 10.1. The van der Waals surface area contributed by atoms with Gasteiger partial charge in [-0.25, -0.2) is 0 Å². The second-order valence-corrected chi connectivity index (χ2v) is 5.45. The highest BCUT2D eigenvalue weighted by Crippen LogP contribution is 2.27. The first-order chi connectivity index (χ1) is 8.78. The third-order valence-electron chi connectivity index (χ3n) is 2.83. The molecule has 0 amide bonds. The van der Waals surface area contributed by atoms with Crippen LogP contribution in [0.25, 0.3) is 0 Å². The highest BCUT2D eigenvalue weighted by molar-refractivity contribution is 7.99. The number of nitrogens with two attached hydrogens (primary N) is 1. The van der Waals surface area contributed by atoms with E-state index in [4.69, 9.17) is 5.73 Å². The van der Waals surface area contributed by atoms with Gasteiger partial charge in [0.15, 0.2) is 0 Å². The molecule has 0 saturated carbocycles. The smallest absolute Gasteiger partial charge is 0.0279 e. The van der Waals surface area contributed by atoms with Gasteiger partial charge in [-0.05, 0) is 42.7 Å². The number of rotatable bonds is 5. The highest BCUT2D eigenvalue weighted by Gasteiger charge is 2.02. The Hall–Kier alpha value is -1.32. The van der Waals surface area contributed by atoms with Crippen LogP contribution in [-0.4, -0.2) is 11.0 Å². The second-order valence-electron chi connectivity index (χ2n) is 4.30. The zero-order valence-electron chi connectivity index (χ0n) is 10.5. The van der Waals surface area contributed by atoms with Crippen molar-refractivity contribution in [2.45, 2.75) is 35.6 Å². The summed E-state index contributed by atoms with van der Waals surface area (Å²) >= 11 is 1.75. The van der Waals surface area contributed by atoms with Crippen LogP contribution in [0.3, 0.4) is 0 Å². The van der Waals surface area contributed by atoms with E-state index in [0.29, 0.717) is 0 Å². The van der Waals surface area contributed by atoms with Gasteiger partial charge in [-0.1, -0.05) is 30.8 Å². The minimum absolute atomic E-state index is 0.267. The molecule has 1 heterocycles. The van der Waals surface area contributed by atoms with Crippen molar-refractivity contribution < 1.29 is 0 Å². The van der Waals surface area contributed by atoms with E-state index in [0.717, 1.165) is 12.8 Å². The molecule has 2 N–H and O–H groups in total. The van der Waals surface area contributed by atoms with Gasteiger partial charge in [0.1, 0.15) is 0 Å². The van der Waals surface area contributed by atoms with E-state index in [-0.39, 0.29) is 6.04 Å². The maximum absolute atomic E-state index is 5.95. The molecule has 2 rings (SSSR count). The van der Waals surface area contributed by atoms with Gasteiger partial charge in [0.2, 0.25) is 0 Å². The Labute approximate surface area is 113 Å². The quantitative estimate of drug-likeness (QED) is 0.892. The Morgan fingerprint density at radius 3 is 2.28 bits per heavy atom. The fourth-order valence-corrected chi connectivity index (χ4v) is 2.49. The molecule has 2 nitrogen and oxygen atoms in total. The van der Waals surface area contributed by atoms with Gasteiger partial charge in [0.25, 0.3) is 0 Å². The minimum atomic E-state index is 0.267. The highest BCUT2D eigenvalue weighted by atomic mass is 32.2. The topological polar surface area (TPSA) is 38.9 Å². The average Bonchev–Trinajstić information content (AvgIpc) is 2.42. The van der Waals surface area contributed by atoms with E-state index in [9.17, 15) is 0 Å². The average molecular weight is 258 g/mol. The van der Waals surface area contributed by atoms with Gasteiger partial charge in [-0.15, -0.1) is 0 Å². The van der Waals surface area contributed by atoms with Crippen molar-refractivity contribution in [2.24, 2.45) is 5.73 Å². The molecule has 0 aliphatic rings. The lowest BCUT2D eigenvalue weighted by molar-refractivity contribution is 0.646. The molecule has 0 fully saturated rings. The Morgan fingerprint density at radius 1 is 1.06 bits per heavy atom. The molecular formula is C15H18N2S. The summed E-state index contributed by atoms with van der Waals surface area (Å²) in [4.78, 5) is 6.47. The van der Waals surface area contributed by atoms with Crippen LogP contribution in [0.15, 0.2) is 58.6 Å². The summed E-state index contributed by atoms with van der Waals surface area (Å²) in [5.74, 6) is 0. The molecule has 3 heteroatoms. The molecule has 0 radical (unpaired) electrons. The fourth-order valence-electron chi connectivity index (χ4n) is 1.68. The maximum Gasteiger partial charge on any atom is 0.0279 e. The van der Waals surface area contributed by atoms with E-state index in [1.165, 1.54) is 15.4 Å². The molecule has 1 unspecified atom stereocenters. The Morgan fingerprint density at radius 2 is 1.67 bits per heavy atom. The molecule has 0 aliphatic carbocycles. The van der Waals surface area contributed by atoms with Crippen LogP contribution in [0.5, 0.6) is 0 Å². The summed E-state index contributed by atoms with van der Waals surface area (Å²) in [5, 5.41) is 0. The van der Waals surface area contributed by atoms with Gasteiger partial charge in [-0.3, -0.25) is 4.98 Å². The molecule has 2 aromatic rings. The summed E-state index contributed by atoms with van der Waals surface area (Å²) in [6, 6.07) is 12.9. The first-order valence-corrected chi connectivity index (χ1v) is 7.02. The first kappa shape index (κ1) is 13.1. The molecule has 0 saturated heterocycles. The first-order valence-electron chi connectivity index (χ1n) is 6.20. The number of hydrogen-bond donors (Lipinski definition) is 1. The van der Waals surface area contributed by atoms with E-state index in [2.05, 4.69) is 36.2 Å². The largest absolute Gasteiger partial charge is 0.327 e. The zero-order valence-corrected chi connectivity index (χ0v) is 11.4. The van der Waals surface area contributed by atoms with E-state index in [1.54, 1.807) is 11.8 Å². The molecule has 1 aromatic heterocycles. The van der Waals surface area contributed by atoms with Crippen molar-refractivity contribution in [1.29, 1.82) is 0 Å². The van der Waals surface area contributed by atoms with Crippen molar-refractivity contribution in [3.8, 4) is 0 Å². The van der Waals surface area contributed by atoms with Crippen LogP contribution in [0.2, 0.25) is 0 Å². The summed E-state index contributed by atoms with van der Waals surface area (Å²) in [6.07, 6.45) is 5.61. The van der Waals surface area contributed by atoms with Crippen LogP contribution >= 0.6 is 11.8 Å². The third kappa shape index (κ3) is 3.86. The van der Waals surface area contributed by atoms with Gasteiger partial charge < -0.3 is 5.73 Å². The number of hydrogen-bond acceptors (Lipinski definition) is 3. The van der Waals surface area contributed by atoms with Crippen molar-refractivity contribution in [3.63, 3.8) is 0 Å². The standard InChI is InChI=1S/C15H18N2S/c1-2-13(16)11-12-3-5-14(6-4-12)18-15-7-9-17-10-8-15/h3-10,13H,2,11,16H2,1H3. The number of benzene rings is 1. The molecule has 0 bridgehead atoms. The molecule has 94 valence electrons. The third-order valence-corrected chi connectivity index (χ3v) is 3.85. The summed E-state index contributed by atoms with van der Waals surface area (Å²) in [5.41, 5.74) is 7.26. The molecule has 0 spiro atoms. The van der Waals surface area contributed by atoms with Crippen molar-refractivity contribution in [3.05, 3.63) is 54.4 Å². The van der Waals surface area contributed by atoms with Crippen LogP contribution < -0.4 is 5.73 Å². The Balaban J connectivity index is 2.00. The molecular weight excluding hydrogens is 240 g/mol. The van der Waals surface area contributed by atoms with Crippen molar-refractivity contribution in [2.75, 3.05) is 0 Å². The number of pyridine rings is 1. The van der Waals surface area contributed by atoms with E-state index >= 15 is 0 Å². The Bertz CT molecular complexity index is 468. The van der Waals surface area contributed by atoms with Crippen molar-refractivity contribution in [1.82, 2.24) is 4.98 Å². The van der Waals surface area contributed by atoms with E-state index in [1.807, 2.05) is 24.5 Å². The molecule has 18 heavy (non-hydrogen) atoms. The predicted octanol–water partition coefficient (Wildman–Crippen LogP) is 3.51. The van der Waals surface area contributed by atoms with Gasteiger partial charge >= 0.3 is 0 Å². The van der Waals surface area contributed by atoms with Crippen LogP contribution in [0, 0.1) is 0 Å². The predicted molar refractivity (Wildman–Crippen MR) is 76.8 cm³/mol. The monoisotopic (exact) mass is 258 g/mol. The van der Waals surface area contributed by atoms with Crippen LogP contribution in [0.1, 0.15) is 18.9 Å². The zero-order chi connectivity index (χ0) is 12.8. The van der Waals surface area contributed by atoms with Crippen molar-refractivity contribution >= 4 is 11.8 Å². The van der Waals surface area contributed by atoms with Crippen LogP contribution in [0.4, 0.5) is 0 Å². The van der Waals surface area contributed by atoms with E-state index < -0.39 is 0 Å². The minimum Gasteiger partial charge on any atom is -0.327 e. The normalized spacial score (nSPS) is 12.3. The summed E-state index contributed by atoms with van der Waals surface area (Å²) in [6.45, 7) is 2.12. The second kappa shape index (κ2) is 6.57. The number of aromatic nitrogens is 1. The lowest BCUT2D eigenvalue weighted by Crippen LogP contribution is -2.21. The SMILES string of the molecule is CCC(N)Cc1ccc(Sc2ccncc2)cc1. The van der Waals surface area contributed by atoms with Crippen LogP contribution in [-0.2, 0) is 6.42 Å². The number of nitrogens with zero attached hydrogens (tertiary/aromatic N) is 1. The molecule has 1 atom stereocenters. The Kier molecular flexibility index (Phi) is 4.79. The summed E-state index contributed by atoms with van der Waals surface area (Å²) in [7, 11) is 0. The summed E-state index contributed by atoms with van der Waals surface area (Å²) < 4.78 is 0. The molecule has 1 aromatic carbocycles. The maximum atomic E-state index is 5.95.